The molecule has 4 heterocycles. The van der Waals surface area contributed by atoms with Crippen LogP contribution < -0.4 is 16.3 Å². The largest absolute Gasteiger partial charge is 0.368 e. The molecular formula is C25H29F2N9O2. The number of benzene rings is 1. The Morgan fingerprint density at radius 3 is 2.58 bits per heavy atom. The van der Waals surface area contributed by atoms with Crippen LogP contribution in [0, 0.1) is 11.6 Å². The first-order valence-corrected chi connectivity index (χ1v) is 12.8. The Morgan fingerprint density at radius 1 is 1.08 bits per heavy atom. The highest BCUT2D eigenvalue weighted by Crippen LogP contribution is 2.44. The fourth-order valence-corrected chi connectivity index (χ4v) is 5.91. The minimum Gasteiger partial charge on any atom is -0.365 e. The summed E-state index contributed by atoms with van der Waals surface area (Å²) < 4.78 is 32.1. The number of piperidine rings is 1. The van der Waals surface area contributed by atoms with Gasteiger partial charge in [0.15, 0.2) is 11.6 Å². The number of rotatable bonds is 6. The number of carbonyl (C=O) groups is 1. The third-order valence-corrected chi connectivity index (χ3v) is 7.69. The van der Waals surface area contributed by atoms with Crippen LogP contribution in [-0.4, -0.2) is 58.2 Å². The lowest BCUT2D eigenvalue weighted by atomic mass is 9.84. The molecule has 1 aliphatic carbocycles. The van der Waals surface area contributed by atoms with Gasteiger partial charge in [0.25, 0.3) is 0 Å². The minimum atomic E-state index is -0.630. The molecule has 0 unspecified atom stereocenters. The number of hydrogen-bond donors (Lipinski definition) is 2. The van der Waals surface area contributed by atoms with Crippen molar-refractivity contribution in [1.82, 2.24) is 34.7 Å². The van der Waals surface area contributed by atoms with Crippen LogP contribution in [-0.2, 0) is 11.8 Å². The summed E-state index contributed by atoms with van der Waals surface area (Å²) in [6, 6.07) is 2.87. The van der Waals surface area contributed by atoms with Crippen LogP contribution in [0.4, 0.5) is 26.2 Å². The van der Waals surface area contributed by atoms with Gasteiger partial charge in [0, 0.05) is 31.1 Å². The molecule has 0 radical (unpaired) electrons. The number of carbonyl (C=O) groups excluding carboxylic acids is 1. The van der Waals surface area contributed by atoms with Crippen LogP contribution in [0.25, 0.3) is 5.69 Å². The number of nitrogens with one attached hydrogen (secondary N) is 2. The molecule has 3 fully saturated rings. The van der Waals surface area contributed by atoms with Crippen molar-refractivity contribution in [2.24, 2.45) is 7.05 Å². The Morgan fingerprint density at radius 2 is 1.87 bits per heavy atom. The van der Waals surface area contributed by atoms with E-state index in [1.807, 2.05) is 18.7 Å². The summed E-state index contributed by atoms with van der Waals surface area (Å²) in [4.78, 5) is 35.1. The van der Waals surface area contributed by atoms with Gasteiger partial charge in [-0.3, -0.25) is 4.79 Å². The molecule has 2 aliphatic heterocycles. The van der Waals surface area contributed by atoms with Crippen LogP contribution >= 0.6 is 0 Å². The molecule has 3 aliphatic rings. The summed E-state index contributed by atoms with van der Waals surface area (Å²) in [5, 5.41) is 13.7. The molecule has 3 aromatic rings. The number of halogens is 2. The zero-order valence-electron chi connectivity index (χ0n) is 21.4. The average molecular weight is 526 g/mol. The number of nitrogens with zero attached hydrogens (tertiary/aromatic N) is 7. The molecule has 200 valence electrons. The third kappa shape index (κ3) is 4.29. The van der Waals surface area contributed by atoms with E-state index >= 15 is 4.39 Å². The number of aryl methyl sites for hydroxylation is 1. The van der Waals surface area contributed by atoms with E-state index in [0.717, 1.165) is 34.8 Å². The van der Waals surface area contributed by atoms with E-state index in [0.29, 0.717) is 30.5 Å². The van der Waals surface area contributed by atoms with E-state index in [1.165, 1.54) is 19.2 Å². The molecule has 2 atom stereocenters. The highest BCUT2D eigenvalue weighted by molar-refractivity contribution is 5.80. The molecule has 1 saturated carbocycles. The van der Waals surface area contributed by atoms with Crippen molar-refractivity contribution in [3.8, 4) is 5.69 Å². The van der Waals surface area contributed by atoms with Crippen LogP contribution in [0.2, 0.25) is 0 Å². The standard InChI is InChI=1S/C25H29F2N9O2/c1-25(2)11-14(8-15-6-7-21(37)35(15)25)29-22-18(27)12-28-23(31-22)30-19-10-20(36-24(38)34(3)32-33-36)16(9-17(19)26)13-4-5-13/h9-10,12-15H,4-8,11H2,1-3H3,(H2,28,29,30,31)/t14-,15-/m0/s1. The maximum Gasteiger partial charge on any atom is 0.368 e. The van der Waals surface area contributed by atoms with Gasteiger partial charge < -0.3 is 15.5 Å². The van der Waals surface area contributed by atoms with Crippen molar-refractivity contribution in [3.05, 3.63) is 46.0 Å². The molecule has 1 aromatic carbocycles. The summed E-state index contributed by atoms with van der Waals surface area (Å²) in [6.45, 7) is 4.04. The van der Waals surface area contributed by atoms with E-state index < -0.39 is 17.3 Å². The van der Waals surface area contributed by atoms with E-state index in [9.17, 15) is 14.0 Å². The third-order valence-electron chi connectivity index (χ3n) is 7.69. The summed E-state index contributed by atoms with van der Waals surface area (Å²) in [5.74, 6) is -0.870. The molecule has 38 heavy (non-hydrogen) atoms. The van der Waals surface area contributed by atoms with Gasteiger partial charge in [-0.05, 0) is 80.0 Å². The molecule has 1 amide bonds. The molecule has 0 spiro atoms. The topological polar surface area (TPSA) is 123 Å². The van der Waals surface area contributed by atoms with E-state index in [4.69, 9.17) is 0 Å². The Bertz CT molecular complexity index is 1480. The zero-order valence-corrected chi connectivity index (χ0v) is 21.4. The van der Waals surface area contributed by atoms with Gasteiger partial charge in [0.05, 0.1) is 17.6 Å². The average Bonchev–Trinajstić information content (AvgIpc) is 3.56. The van der Waals surface area contributed by atoms with Crippen molar-refractivity contribution in [1.29, 1.82) is 0 Å². The highest BCUT2D eigenvalue weighted by atomic mass is 19.1. The van der Waals surface area contributed by atoms with Crippen LogP contribution in [0.5, 0.6) is 0 Å². The predicted molar refractivity (Wildman–Crippen MR) is 134 cm³/mol. The Balaban J connectivity index is 1.27. The second-order valence-corrected chi connectivity index (χ2v) is 11.0. The maximum atomic E-state index is 15.2. The number of fused-ring (bicyclic) bond motifs is 1. The molecule has 6 rings (SSSR count). The van der Waals surface area contributed by atoms with Crippen molar-refractivity contribution in [2.75, 3.05) is 10.6 Å². The van der Waals surface area contributed by atoms with Crippen LogP contribution in [0.1, 0.15) is 63.9 Å². The summed E-state index contributed by atoms with van der Waals surface area (Å²) in [7, 11) is 1.49. The van der Waals surface area contributed by atoms with E-state index in [-0.39, 0.29) is 46.9 Å². The predicted octanol–water partition coefficient (Wildman–Crippen LogP) is 3.00. The summed E-state index contributed by atoms with van der Waals surface area (Å²) in [5.41, 5.74) is 0.317. The second-order valence-electron chi connectivity index (χ2n) is 11.0. The van der Waals surface area contributed by atoms with Crippen molar-refractivity contribution >= 4 is 23.4 Å². The van der Waals surface area contributed by atoms with Crippen LogP contribution in [0.3, 0.4) is 0 Å². The van der Waals surface area contributed by atoms with Gasteiger partial charge in [-0.1, -0.05) is 0 Å². The Labute approximate surface area is 217 Å². The van der Waals surface area contributed by atoms with Gasteiger partial charge in [-0.2, -0.15) is 14.3 Å². The summed E-state index contributed by atoms with van der Waals surface area (Å²) in [6.07, 6.45) is 5.47. The maximum absolute atomic E-state index is 15.2. The van der Waals surface area contributed by atoms with Crippen molar-refractivity contribution < 1.29 is 13.6 Å². The van der Waals surface area contributed by atoms with Gasteiger partial charge in [0.2, 0.25) is 11.9 Å². The lowest BCUT2D eigenvalue weighted by molar-refractivity contribution is -0.136. The quantitative estimate of drug-likeness (QED) is 0.504. The van der Waals surface area contributed by atoms with Crippen LogP contribution in [0.15, 0.2) is 23.1 Å². The van der Waals surface area contributed by atoms with E-state index in [2.05, 4.69) is 31.0 Å². The Hall–Kier alpha value is -3.90. The number of tetrazole rings is 1. The van der Waals surface area contributed by atoms with Gasteiger partial charge >= 0.3 is 5.69 Å². The fourth-order valence-electron chi connectivity index (χ4n) is 5.91. The van der Waals surface area contributed by atoms with E-state index in [1.54, 1.807) is 0 Å². The first kappa shape index (κ1) is 24.4. The number of amides is 1. The second kappa shape index (κ2) is 8.84. The van der Waals surface area contributed by atoms with Crippen molar-refractivity contribution in [2.45, 2.75) is 75.9 Å². The molecule has 0 bridgehead atoms. The first-order valence-electron chi connectivity index (χ1n) is 12.8. The molecule has 13 heteroatoms. The molecule has 11 nitrogen and oxygen atoms in total. The number of aromatic nitrogens is 6. The Kier molecular flexibility index (Phi) is 5.69. The number of anilines is 3. The lowest BCUT2D eigenvalue weighted by Gasteiger charge is -2.47. The first-order chi connectivity index (χ1) is 18.1. The minimum absolute atomic E-state index is 0.00134. The lowest BCUT2D eigenvalue weighted by Crippen LogP contribution is -2.57. The molecule has 2 aromatic heterocycles. The smallest absolute Gasteiger partial charge is 0.365 e. The van der Waals surface area contributed by atoms with Gasteiger partial charge in [0.1, 0.15) is 5.82 Å². The summed E-state index contributed by atoms with van der Waals surface area (Å²) >= 11 is 0. The molecule has 2 N–H and O–H groups in total. The highest BCUT2D eigenvalue weighted by Gasteiger charge is 2.46. The normalized spacial score (nSPS) is 22.4. The van der Waals surface area contributed by atoms with Gasteiger partial charge in [-0.15, -0.1) is 0 Å². The molecular weight excluding hydrogens is 496 g/mol. The zero-order chi connectivity index (χ0) is 26.8. The number of hydrogen-bond acceptors (Lipinski definition) is 8. The SMILES string of the molecule is Cn1nnn(-c2cc(Nc3ncc(F)c(N[C@H]4C[C@@H]5CCC(=O)N5C(C)(C)C4)n3)c(F)cc2C2CC2)c1=O. The molecule has 2 saturated heterocycles. The monoisotopic (exact) mass is 525 g/mol. The van der Waals surface area contributed by atoms with Crippen molar-refractivity contribution in [3.63, 3.8) is 0 Å². The fraction of sp³-hybridized carbons (Fsp3) is 0.520. The van der Waals surface area contributed by atoms with Gasteiger partial charge in [-0.25, -0.2) is 18.6 Å².